The Balaban J connectivity index is 1.87. The third-order valence-corrected chi connectivity index (χ3v) is 5.00. The minimum Gasteiger partial charge on any atom is -0.469 e. The number of guanidine groups is 1. The van der Waals surface area contributed by atoms with Crippen molar-refractivity contribution in [1.29, 1.82) is 0 Å². The maximum Gasteiger partial charge on any atom is 0.434 e. The Morgan fingerprint density at radius 3 is 2.80 bits per heavy atom. The SMILES string of the molecule is CN=C(NCCc1nc(C(F)(F)F)cs1)N1CC(C)C(C(=O)OC)C1. The van der Waals surface area contributed by atoms with E-state index in [-0.39, 0.29) is 17.8 Å². The highest BCUT2D eigenvalue weighted by Crippen LogP contribution is 2.30. The van der Waals surface area contributed by atoms with E-state index in [1.54, 1.807) is 7.05 Å². The van der Waals surface area contributed by atoms with Crippen LogP contribution in [0.25, 0.3) is 0 Å². The Bertz CT molecular complexity index is 633. The number of aliphatic imine (C=N–C) groups is 1. The minimum atomic E-state index is -4.41. The molecule has 10 heteroatoms. The third-order valence-electron chi connectivity index (χ3n) is 4.09. The molecule has 1 aliphatic rings. The van der Waals surface area contributed by atoms with Crippen molar-refractivity contribution in [3.05, 3.63) is 16.1 Å². The second-order valence-electron chi connectivity index (χ2n) is 5.86. The van der Waals surface area contributed by atoms with Gasteiger partial charge in [0.1, 0.15) is 0 Å². The first-order valence-corrected chi connectivity index (χ1v) is 8.69. The summed E-state index contributed by atoms with van der Waals surface area (Å²) in [5.74, 6) is 0.301. The van der Waals surface area contributed by atoms with Gasteiger partial charge in [-0.3, -0.25) is 9.79 Å². The molecule has 6 nitrogen and oxygen atoms in total. The van der Waals surface area contributed by atoms with E-state index >= 15 is 0 Å². The van der Waals surface area contributed by atoms with Gasteiger partial charge in [0.25, 0.3) is 0 Å². The monoisotopic (exact) mass is 378 g/mol. The van der Waals surface area contributed by atoms with Gasteiger partial charge in [-0.05, 0) is 5.92 Å². The maximum atomic E-state index is 12.5. The average molecular weight is 378 g/mol. The van der Waals surface area contributed by atoms with E-state index in [2.05, 4.69) is 15.3 Å². The first kappa shape index (κ1) is 19.5. The molecule has 1 saturated heterocycles. The van der Waals surface area contributed by atoms with Crippen LogP contribution in [0.5, 0.6) is 0 Å². The number of halogens is 3. The topological polar surface area (TPSA) is 66.8 Å². The standard InChI is InChI=1S/C15H21F3N4O2S/c1-9-6-22(7-10(9)13(23)24-3)14(19-2)20-5-4-12-21-11(8-25-12)15(16,17)18/h8-10H,4-7H2,1-3H3,(H,19,20). The van der Waals surface area contributed by atoms with Crippen LogP contribution in [0.3, 0.4) is 0 Å². The highest BCUT2D eigenvalue weighted by molar-refractivity contribution is 7.09. The number of nitrogens with one attached hydrogen (secondary N) is 1. The van der Waals surface area contributed by atoms with Crippen molar-refractivity contribution in [3.8, 4) is 0 Å². The summed E-state index contributed by atoms with van der Waals surface area (Å²) in [7, 11) is 3.00. The van der Waals surface area contributed by atoms with Crippen molar-refractivity contribution in [3.63, 3.8) is 0 Å². The highest BCUT2D eigenvalue weighted by Gasteiger charge is 2.37. The van der Waals surface area contributed by atoms with E-state index in [4.69, 9.17) is 4.74 Å². The molecule has 2 rings (SSSR count). The molecule has 2 unspecified atom stereocenters. The molecule has 0 radical (unpaired) electrons. The summed E-state index contributed by atoms with van der Waals surface area (Å²) in [5, 5.41) is 4.55. The first-order chi connectivity index (χ1) is 11.8. The third kappa shape index (κ3) is 4.83. The number of alkyl halides is 3. The summed E-state index contributed by atoms with van der Waals surface area (Å²) in [4.78, 5) is 21.5. The number of rotatable bonds is 4. The normalized spacial score (nSPS) is 21.5. The number of hydrogen-bond acceptors (Lipinski definition) is 5. The molecule has 0 amide bonds. The van der Waals surface area contributed by atoms with Crippen LogP contribution >= 0.6 is 11.3 Å². The lowest BCUT2D eigenvalue weighted by atomic mass is 9.99. The molecule has 0 saturated carbocycles. The number of aromatic nitrogens is 1. The number of likely N-dealkylation sites (tertiary alicyclic amines) is 1. The van der Waals surface area contributed by atoms with Gasteiger partial charge < -0.3 is 15.0 Å². The van der Waals surface area contributed by atoms with E-state index in [0.717, 1.165) is 16.7 Å². The predicted molar refractivity (Wildman–Crippen MR) is 88.4 cm³/mol. The van der Waals surface area contributed by atoms with E-state index < -0.39 is 11.9 Å². The molecule has 1 aliphatic heterocycles. The predicted octanol–water partition coefficient (Wildman–Crippen LogP) is 2.02. The lowest BCUT2D eigenvalue weighted by Crippen LogP contribution is -2.41. The fourth-order valence-electron chi connectivity index (χ4n) is 2.77. The van der Waals surface area contributed by atoms with E-state index in [0.29, 0.717) is 37.0 Å². The Kier molecular flexibility index (Phi) is 6.26. The summed E-state index contributed by atoms with van der Waals surface area (Å²) in [6.07, 6.45) is -4.05. The zero-order chi connectivity index (χ0) is 18.6. The van der Waals surface area contributed by atoms with Crippen LogP contribution in [0.15, 0.2) is 10.4 Å². The summed E-state index contributed by atoms with van der Waals surface area (Å²) in [6, 6.07) is 0. The Morgan fingerprint density at radius 1 is 1.52 bits per heavy atom. The molecule has 2 atom stereocenters. The number of carbonyl (C=O) groups is 1. The summed E-state index contributed by atoms with van der Waals surface area (Å²) in [5.41, 5.74) is -0.855. The molecule has 0 spiro atoms. The Hall–Kier alpha value is -1.84. The molecule has 0 bridgehead atoms. The molecule has 1 aromatic heterocycles. The number of nitrogens with zero attached hydrogens (tertiary/aromatic N) is 3. The van der Waals surface area contributed by atoms with Crippen molar-refractivity contribution >= 4 is 23.3 Å². The van der Waals surface area contributed by atoms with Crippen molar-refractivity contribution in [2.24, 2.45) is 16.8 Å². The van der Waals surface area contributed by atoms with Gasteiger partial charge in [-0.25, -0.2) is 4.98 Å². The summed E-state index contributed by atoms with van der Waals surface area (Å²) < 4.78 is 42.4. The van der Waals surface area contributed by atoms with Crippen molar-refractivity contribution in [2.45, 2.75) is 19.5 Å². The van der Waals surface area contributed by atoms with Crippen LogP contribution < -0.4 is 5.32 Å². The molecule has 0 aromatic carbocycles. The zero-order valence-electron chi connectivity index (χ0n) is 14.3. The molecule has 0 aliphatic carbocycles. The second kappa shape index (κ2) is 8.03. The van der Waals surface area contributed by atoms with Gasteiger partial charge in [-0.2, -0.15) is 13.2 Å². The highest BCUT2D eigenvalue weighted by atomic mass is 32.1. The van der Waals surface area contributed by atoms with Gasteiger partial charge in [-0.1, -0.05) is 6.92 Å². The van der Waals surface area contributed by atoms with Crippen molar-refractivity contribution in [2.75, 3.05) is 33.8 Å². The van der Waals surface area contributed by atoms with Gasteiger partial charge in [0.15, 0.2) is 11.7 Å². The van der Waals surface area contributed by atoms with Gasteiger partial charge in [0, 0.05) is 38.5 Å². The largest absolute Gasteiger partial charge is 0.469 e. The molecule has 1 N–H and O–H groups in total. The number of esters is 1. The van der Waals surface area contributed by atoms with Crippen molar-refractivity contribution in [1.82, 2.24) is 15.2 Å². The zero-order valence-corrected chi connectivity index (χ0v) is 15.1. The van der Waals surface area contributed by atoms with E-state index in [1.807, 2.05) is 11.8 Å². The summed E-state index contributed by atoms with van der Waals surface area (Å²) in [6.45, 7) is 3.55. The number of thiazole rings is 1. The smallest absolute Gasteiger partial charge is 0.434 e. The van der Waals surface area contributed by atoms with Crippen LogP contribution in [-0.2, 0) is 22.1 Å². The van der Waals surface area contributed by atoms with Crippen LogP contribution in [0.4, 0.5) is 13.2 Å². The number of methoxy groups -OCH3 is 1. The van der Waals surface area contributed by atoms with Crippen LogP contribution in [0.2, 0.25) is 0 Å². The number of carbonyl (C=O) groups excluding carboxylic acids is 1. The molecule has 2 heterocycles. The molecule has 25 heavy (non-hydrogen) atoms. The quantitative estimate of drug-likeness (QED) is 0.493. The molecular weight excluding hydrogens is 357 g/mol. The van der Waals surface area contributed by atoms with Gasteiger partial charge in [-0.15, -0.1) is 11.3 Å². The maximum absolute atomic E-state index is 12.5. The lowest BCUT2D eigenvalue weighted by Gasteiger charge is -2.21. The first-order valence-electron chi connectivity index (χ1n) is 7.81. The fraction of sp³-hybridized carbons (Fsp3) is 0.667. The van der Waals surface area contributed by atoms with Gasteiger partial charge in [0.2, 0.25) is 0 Å². The van der Waals surface area contributed by atoms with Crippen LogP contribution in [0.1, 0.15) is 17.6 Å². The van der Waals surface area contributed by atoms with Gasteiger partial charge in [0.05, 0.1) is 18.0 Å². The number of ether oxygens (including phenoxy) is 1. The van der Waals surface area contributed by atoms with Crippen LogP contribution in [-0.4, -0.2) is 55.6 Å². The van der Waals surface area contributed by atoms with E-state index in [9.17, 15) is 18.0 Å². The average Bonchev–Trinajstić information content (AvgIpc) is 3.17. The molecule has 1 aromatic rings. The second-order valence-corrected chi connectivity index (χ2v) is 6.80. The van der Waals surface area contributed by atoms with Crippen LogP contribution in [0, 0.1) is 11.8 Å². The summed E-state index contributed by atoms with van der Waals surface area (Å²) >= 11 is 0.990. The molecule has 1 fully saturated rings. The molecular formula is C15H21F3N4O2S. The van der Waals surface area contributed by atoms with E-state index in [1.165, 1.54) is 7.11 Å². The Morgan fingerprint density at radius 2 is 2.24 bits per heavy atom. The lowest BCUT2D eigenvalue weighted by molar-refractivity contribution is -0.146. The molecule has 140 valence electrons. The van der Waals surface area contributed by atoms with Crippen molar-refractivity contribution < 1.29 is 22.7 Å². The minimum absolute atomic E-state index is 0.138. The Labute approximate surface area is 148 Å². The fourth-order valence-corrected chi connectivity index (χ4v) is 3.57. The number of hydrogen-bond donors (Lipinski definition) is 1. The van der Waals surface area contributed by atoms with Gasteiger partial charge >= 0.3 is 12.1 Å².